The van der Waals surface area contributed by atoms with Gasteiger partial charge < -0.3 is 15.8 Å². The zero-order chi connectivity index (χ0) is 15.9. The molecule has 1 aromatic rings. The quantitative estimate of drug-likeness (QED) is 0.877. The third-order valence-corrected chi connectivity index (χ3v) is 4.28. The number of carbonyl (C=O) groups is 2. The summed E-state index contributed by atoms with van der Waals surface area (Å²) in [7, 11) is 0. The summed E-state index contributed by atoms with van der Waals surface area (Å²) >= 11 is 0. The molecule has 1 aliphatic carbocycles. The highest BCUT2D eigenvalue weighted by atomic mass is 16.6. The molecule has 5 nitrogen and oxygen atoms in total. The van der Waals surface area contributed by atoms with E-state index in [1.807, 2.05) is 30.3 Å². The minimum Gasteiger partial charge on any atom is -0.436 e. The van der Waals surface area contributed by atoms with Crippen LogP contribution in [0.2, 0.25) is 0 Å². The van der Waals surface area contributed by atoms with Crippen LogP contribution in [-0.2, 0) is 16.1 Å². The monoisotopic (exact) mass is 304 g/mol. The van der Waals surface area contributed by atoms with Crippen molar-refractivity contribution in [3.8, 4) is 0 Å². The number of primary amides is 1. The third-order valence-electron chi connectivity index (χ3n) is 4.28. The molecule has 1 fully saturated rings. The van der Waals surface area contributed by atoms with Crippen molar-refractivity contribution in [3.05, 3.63) is 35.9 Å². The number of hydrogen-bond donors (Lipinski definition) is 2. The minimum atomic E-state index is -0.830. The maximum atomic E-state index is 11.9. The van der Waals surface area contributed by atoms with Crippen LogP contribution in [-0.4, -0.2) is 18.1 Å². The van der Waals surface area contributed by atoms with E-state index >= 15 is 0 Å². The van der Waals surface area contributed by atoms with Crippen LogP contribution < -0.4 is 11.1 Å². The molecular formula is C17H24N2O3. The smallest absolute Gasteiger partial charge is 0.408 e. The Morgan fingerprint density at radius 1 is 1.23 bits per heavy atom. The normalized spacial score (nSPS) is 22.6. The van der Waals surface area contributed by atoms with E-state index in [0.717, 1.165) is 31.2 Å². The number of carbonyl (C=O) groups excluding carboxylic acids is 2. The van der Waals surface area contributed by atoms with E-state index in [1.54, 1.807) is 0 Å². The number of benzene rings is 1. The number of ether oxygens (including phenoxy) is 1. The van der Waals surface area contributed by atoms with E-state index < -0.39 is 18.1 Å². The van der Waals surface area contributed by atoms with Crippen LogP contribution in [0.3, 0.4) is 0 Å². The highest BCUT2D eigenvalue weighted by molar-refractivity contribution is 5.82. The Bertz CT molecular complexity index is 496. The molecular weight excluding hydrogens is 280 g/mol. The third kappa shape index (κ3) is 4.76. The van der Waals surface area contributed by atoms with Crippen molar-refractivity contribution < 1.29 is 14.3 Å². The SMILES string of the molecule is CC1CCC(C(OC(=O)NCc2ccccc2)C(N)=O)CC1. The Kier molecular flexibility index (Phi) is 5.81. The number of nitrogens with one attached hydrogen (secondary N) is 1. The van der Waals surface area contributed by atoms with Gasteiger partial charge in [0.25, 0.3) is 5.91 Å². The number of hydrogen-bond acceptors (Lipinski definition) is 3. The number of rotatable bonds is 5. The lowest BCUT2D eigenvalue weighted by atomic mass is 9.80. The van der Waals surface area contributed by atoms with E-state index in [-0.39, 0.29) is 5.92 Å². The first kappa shape index (κ1) is 16.3. The maximum Gasteiger partial charge on any atom is 0.408 e. The standard InChI is InChI=1S/C17H24N2O3/c1-12-7-9-14(10-8-12)15(16(18)20)22-17(21)19-11-13-5-3-2-4-6-13/h2-6,12,14-15H,7-11H2,1H3,(H2,18,20)(H,19,21). The number of alkyl carbamates (subject to hydrolysis) is 1. The molecule has 0 aliphatic heterocycles. The average Bonchev–Trinajstić information content (AvgIpc) is 2.52. The zero-order valence-corrected chi connectivity index (χ0v) is 13.0. The van der Waals surface area contributed by atoms with Gasteiger partial charge in [0.05, 0.1) is 0 Å². The van der Waals surface area contributed by atoms with E-state index in [4.69, 9.17) is 10.5 Å². The molecule has 120 valence electrons. The summed E-state index contributed by atoms with van der Waals surface area (Å²) in [5.74, 6) is 0.141. The van der Waals surface area contributed by atoms with Crippen molar-refractivity contribution in [2.45, 2.75) is 45.3 Å². The summed E-state index contributed by atoms with van der Waals surface area (Å²) < 4.78 is 5.28. The van der Waals surface area contributed by atoms with Crippen LogP contribution in [0.25, 0.3) is 0 Å². The maximum absolute atomic E-state index is 11.9. The zero-order valence-electron chi connectivity index (χ0n) is 13.0. The van der Waals surface area contributed by atoms with E-state index in [1.165, 1.54) is 0 Å². The Labute approximate surface area is 131 Å². The molecule has 2 amide bonds. The van der Waals surface area contributed by atoms with Gasteiger partial charge in [0, 0.05) is 12.5 Å². The molecule has 0 bridgehead atoms. The largest absolute Gasteiger partial charge is 0.436 e. The molecule has 0 aromatic heterocycles. The molecule has 0 heterocycles. The fraction of sp³-hybridized carbons (Fsp3) is 0.529. The van der Waals surface area contributed by atoms with Crippen molar-refractivity contribution in [1.29, 1.82) is 0 Å². The van der Waals surface area contributed by atoms with E-state index in [2.05, 4.69) is 12.2 Å². The number of amides is 2. The first-order valence-corrected chi connectivity index (χ1v) is 7.84. The molecule has 1 atom stereocenters. The summed E-state index contributed by atoms with van der Waals surface area (Å²) in [5.41, 5.74) is 6.39. The molecule has 1 saturated carbocycles. The van der Waals surface area contributed by atoms with Gasteiger partial charge in [0.2, 0.25) is 0 Å². The van der Waals surface area contributed by atoms with Gasteiger partial charge in [-0.3, -0.25) is 4.79 Å². The van der Waals surface area contributed by atoms with E-state index in [0.29, 0.717) is 12.5 Å². The minimum absolute atomic E-state index is 0.0381. The predicted octanol–water partition coefficient (Wildman–Crippen LogP) is 2.59. The summed E-state index contributed by atoms with van der Waals surface area (Å²) in [4.78, 5) is 23.5. The molecule has 0 spiro atoms. The highest BCUT2D eigenvalue weighted by Gasteiger charge is 2.32. The van der Waals surface area contributed by atoms with Crippen molar-refractivity contribution in [2.75, 3.05) is 0 Å². The number of nitrogens with two attached hydrogens (primary N) is 1. The van der Waals surface area contributed by atoms with Crippen LogP contribution in [0.1, 0.15) is 38.2 Å². The van der Waals surface area contributed by atoms with Gasteiger partial charge >= 0.3 is 6.09 Å². The molecule has 5 heteroatoms. The van der Waals surface area contributed by atoms with Crippen LogP contribution >= 0.6 is 0 Å². The molecule has 1 aliphatic rings. The molecule has 0 radical (unpaired) electrons. The van der Waals surface area contributed by atoms with Gasteiger partial charge in [-0.15, -0.1) is 0 Å². The van der Waals surface area contributed by atoms with Gasteiger partial charge in [-0.05, 0) is 24.3 Å². The second-order valence-electron chi connectivity index (χ2n) is 6.09. The van der Waals surface area contributed by atoms with Crippen LogP contribution in [0.15, 0.2) is 30.3 Å². The fourth-order valence-electron chi connectivity index (χ4n) is 2.90. The Balaban J connectivity index is 1.85. The lowest BCUT2D eigenvalue weighted by Crippen LogP contribution is -2.42. The summed E-state index contributed by atoms with van der Waals surface area (Å²) in [6.07, 6.45) is 2.42. The van der Waals surface area contributed by atoms with Gasteiger partial charge in [-0.1, -0.05) is 50.1 Å². The molecule has 22 heavy (non-hydrogen) atoms. The first-order chi connectivity index (χ1) is 10.6. The topological polar surface area (TPSA) is 81.4 Å². The van der Waals surface area contributed by atoms with Crippen molar-refractivity contribution in [1.82, 2.24) is 5.32 Å². The van der Waals surface area contributed by atoms with Gasteiger partial charge in [0.15, 0.2) is 6.10 Å². The van der Waals surface area contributed by atoms with Crippen molar-refractivity contribution >= 4 is 12.0 Å². The van der Waals surface area contributed by atoms with E-state index in [9.17, 15) is 9.59 Å². The molecule has 0 saturated heterocycles. The predicted molar refractivity (Wildman–Crippen MR) is 83.9 cm³/mol. The second kappa shape index (κ2) is 7.82. The first-order valence-electron chi connectivity index (χ1n) is 7.84. The van der Waals surface area contributed by atoms with Crippen molar-refractivity contribution in [2.24, 2.45) is 17.6 Å². The molecule has 1 aromatic carbocycles. The summed E-state index contributed by atoms with van der Waals surface area (Å²) in [6, 6.07) is 9.53. The Hall–Kier alpha value is -2.04. The van der Waals surface area contributed by atoms with Gasteiger partial charge in [-0.2, -0.15) is 0 Å². The fourth-order valence-corrected chi connectivity index (χ4v) is 2.90. The Morgan fingerprint density at radius 2 is 1.86 bits per heavy atom. The summed E-state index contributed by atoms with van der Waals surface area (Å²) in [5, 5.41) is 2.66. The van der Waals surface area contributed by atoms with Crippen LogP contribution in [0.4, 0.5) is 4.79 Å². The van der Waals surface area contributed by atoms with Gasteiger partial charge in [-0.25, -0.2) is 4.79 Å². The van der Waals surface area contributed by atoms with Crippen molar-refractivity contribution in [3.63, 3.8) is 0 Å². The summed E-state index contributed by atoms with van der Waals surface area (Å²) in [6.45, 7) is 2.57. The van der Waals surface area contributed by atoms with Crippen LogP contribution in [0.5, 0.6) is 0 Å². The highest BCUT2D eigenvalue weighted by Crippen LogP contribution is 2.31. The molecule has 2 rings (SSSR count). The average molecular weight is 304 g/mol. The van der Waals surface area contributed by atoms with Crippen LogP contribution in [0, 0.1) is 11.8 Å². The van der Waals surface area contributed by atoms with Gasteiger partial charge in [0.1, 0.15) is 0 Å². The lowest BCUT2D eigenvalue weighted by molar-refractivity contribution is -0.129. The Morgan fingerprint density at radius 3 is 2.45 bits per heavy atom. The molecule has 3 N–H and O–H groups in total. The lowest BCUT2D eigenvalue weighted by Gasteiger charge is -2.30. The molecule has 1 unspecified atom stereocenters. The second-order valence-corrected chi connectivity index (χ2v) is 6.09.